The summed E-state index contributed by atoms with van der Waals surface area (Å²) in [6.45, 7) is 0. The number of carboxylic acid groups (broad SMARTS) is 1. The number of carbonyl (C=O) groups is 2. The monoisotopic (exact) mass is 435 g/mol. The highest BCUT2D eigenvalue weighted by molar-refractivity contribution is 7.92. The van der Waals surface area contributed by atoms with Crippen molar-refractivity contribution in [3.05, 3.63) is 90.1 Å². The van der Waals surface area contributed by atoms with Crippen molar-refractivity contribution in [3.8, 4) is 0 Å². The highest BCUT2D eigenvalue weighted by atomic mass is 32.2. The maximum Gasteiger partial charge on any atom is 0.335 e. The molecule has 4 rings (SSSR count). The van der Waals surface area contributed by atoms with E-state index < -0.39 is 21.9 Å². The molecule has 9 heteroatoms. The Hall–Kier alpha value is -4.11. The van der Waals surface area contributed by atoms with Crippen LogP contribution in [0.15, 0.2) is 83.9 Å². The van der Waals surface area contributed by atoms with Crippen LogP contribution in [0.25, 0.3) is 10.9 Å². The minimum atomic E-state index is -3.93. The van der Waals surface area contributed by atoms with Gasteiger partial charge in [-0.05, 0) is 60.7 Å². The van der Waals surface area contributed by atoms with Crippen LogP contribution < -0.4 is 10.0 Å². The summed E-state index contributed by atoms with van der Waals surface area (Å²) in [7, 11) is -3.93. The first-order chi connectivity index (χ1) is 14.8. The summed E-state index contributed by atoms with van der Waals surface area (Å²) < 4.78 is 28.1. The highest BCUT2D eigenvalue weighted by Crippen LogP contribution is 2.22. The van der Waals surface area contributed by atoms with E-state index in [2.05, 4.69) is 15.0 Å². The van der Waals surface area contributed by atoms with Gasteiger partial charge in [0.15, 0.2) is 0 Å². The number of H-pyrrole nitrogens is 1. The maximum absolute atomic E-state index is 12.8. The third kappa shape index (κ3) is 4.41. The molecular weight excluding hydrogens is 418 g/mol. The number of carboxylic acids is 1. The number of amides is 1. The third-order valence-electron chi connectivity index (χ3n) is 4.58. The van der Waals surface area contributed by atoms with Gasteiger partial charge in [0, 0.05) is 34.0 Å². The topological polar surface area (TPSA) is 128 Å². The van der Waals surface area contributed by atoms with Crippen LogP contribution in [0, 0.1) is 0 Å². The van der Waals surface area contributed by atoms with Crippen molar-refractivity contribution in [1.82, 2.24) is 4.98 Å². The van der Waals surface area contributed by atoms with E-state index >= 15 is 0 Å². The van der Waals surface area contributed by atoms with Gasteiger partial charge >= 0.3 is 5.97 Å². The Morgan fingerprint density at radius 2 is 1.61 bits per heavy atom. The Bertz CT molecular complexity index is 1410. The Morgan fingerprint density at radius 1 is 0.839 bits per heavy atom. The predicted octanol–water partition coefficient (Wildman–Crippen LogP) is 3.92. The number of aromatic amines is 1. The minimum absolute atomic E-state index is 0.0257. The summed E-state index contributed by atoms with van der Waals surface area (Å²) in [6, 6.07) is 18.3. The quantitative estimate of drug-likeness (QED) is 0.365. The van der Waals surface area contributed by atoms with Gasteiger partial charge in [0.25, 0.3) is 15.9 Å². The first-order valence-electron chi connectivity index (χ1n) is 9.16. The number of hydrogen-bond acceptors (Lipinski definition) is 4. The maximum atomic E-state index is 12.8. The molecule has 0 fully saturated rings. The number of aromatic carboxylic acids is 1. The summed E-state index contributed by atoms with van der Waals surface area (Å²) in [6.07, 6.45) is 1.76. The SMILES string of the molecule is O=C(O)c1cccc(NC(=O)c2cccc(S(=O)(=O)Nc3ccc4[nH]ccc4c3)c2)c1. The van der Waals surface area contributed by atoms with Gasteiger partial charge in [0.1, 0.15) is 0 Å². The standard InChI is InChI=1S/C22H17N3O5S/c26-21(24-17-5-1-4-16(12-17)22(27)28)15-3-2-6-19(13-15)31(29,30)25-18-7-8-20-14(11-18)9-10-23-20/h1-13,23,25H,(H,24,26)(H,27,28). The lowest BCUT2D eigenvalue weighted by molar-refractivity contribution is 0.0696. The van der Waals surface area contributed by atoms with E-state index in [-0.39, 0.29) is 21.7 Å². The molecule has 0 saturated carbocycles. The molecule has 0 atom stereocenters. The van der Waals surface area contributed by atoms with Crippen molar-refractivity contribution in [2.45, 2.75) is 4.90 Å². The van der Waals surface area contributed by atoms with Crippen molar-refractivity contribution < 1.29 is 23.1 Å². The lowest BCUT2D eigenvalue weighted by Crippen LogP contribution is -2.16. The predicted molar refractivity (Wildman–Crippen MR) is 117 cm³/mol. The van der Waals surface area contributed by atoms with Gasteiger partial charge in [-0.1, -0.05) is 12.1 Å². The van der Waals surface area contributed by atoms with Gasteiger partial charge in [0.05, 0.1) is 10.5 Å². The molecule has 1 heterocycles. The molecule has 31 heavy (non-hydrogen) atoms. The van der Waals surface area contributed by atoms with Crippen molar-refractivity contribution >= 4 is 44.2 Å². The number of hydrogen-bond donors (Lipinski definition) is 4. The van der Waals surface area contributed by atoms with Crippen molar-refractivity contribution in [2.24, 2.45) is 0 Å². The van der Waals surface area contributed by atoms with E-state index in [0.717, 1.165) is 10.9 Å². The van der Waals surface area contributed by atoms with E-state index in [1.54, 1.807) is 30.5 Å². The van der Waals surface area contributed by atoms with Gasteiger partial charge < -0.3 is 15.4 Å². The Kier molecular flexibility index (Phi) is 5.18. The molecule has 156 valence electrons. The molecule has 4 N–H and O–H groups in total. The smallest absolute Gasteiger partial charge is 0.335 e. The van der Waals surface area contributed by atoms with Crippen molar-refractivity contribution in [3.63, 3.8) is 0 Å². The Balaban J connectivity index is 1.55. The second-order valence-electron chi connectivity index (χ2n) is 6.75. The zero-order valence-corrected chi connectivity index (χ0v) is 16.8. The molecule has 0 bridgehead atoms. The highest BCUT2D eigenvalue weighted by Gasteiger charge is 2.17. The molecule has 3 aromatic carbocycles. The molecule has 0 spiro atoms. The number of fused-ring (bicyclic) bond motifs is 1. The molecule has 8 nitrogen and oxygen atoms in total. The summed E-state index contributed by atoms with van der Waals surface area (Å²) in [5.41, 5.74) is 1.71. The van der Waals surface area contributed by atoms with E-state index in [1.165, 1.54) is 42.5 Å². The molecule has 0 radical (unpaired) electrons. The molecule has 0 saturated heterocycles. The number of rotatable bonds is 6. The second kappa shape index (κ2) is 7.96. The summed E-state index contributed by atoms with van der Waals surface area (Å²) >= 11 is 0. The second-order valence-corrected chi connectivity index (χ2v) is 8.44. The van der Waals surface area contributed by atoms with Crippen LogP contribution in [-0.2, 0) is 10.0 Å². The molecule has 4 aromatic rings. The number of nitrogens with one attached hydrogen (secondary N) is 3. The average molecular weight is 435 g/mol. The van der Waals surface area contributed by atoms with Crippen LogP contribution in [0.2, 0.25) is 0 Å². The van der Waals surface area contributed by atoms with Gasteiger partial charge in [-0.25, -0.2) is 13.2 Å². The normalized spacial score (nSPS) is 11.2. The molecule has 0 aliphatic carbocycles. The van der Waals surface area contributed by atoms with Gasteiger partial charge in [-0.15, -0.1) is 0 Å². The van der Waals surface area contributed by atoms with Crippen LogP contribution in [0.5, 0.6) is 0 Å². The Morgan fingerprint density at radius 3 is 2.42 bits per heavy atom. The Labute approximate surface area is 177 Å². The first-order valence-corrected chi connectivity index (χ1v) is 10.6. The van der Waals surface area contributed by atoms with Gasteiger partial charge in [0.2, 0.25) is 0 Å². The van der Waals surface area contributed by atoms with E-state index in [1.807, 2.05) is 6.07 Å². The fourth-order valence-corrected chi connectivity index (χ4v) is 4.16. The number of aromatic nitrogens is 1. The van der Waals surface area contributed by atoms with Crippen LogP contribution >= 0.6 is 0 Å². The van der Waals surface area contributed by atoms with Crippen LogP contribution in [0.1, 0.15) is 20.7 Å². The average Bonchev–Trinajstić information content (AvgIpc) is 3.21. The van der Waals surface area contributed by atoms with Crippen molar-refractivity contribution in [2.75, 3.05) is 10.0 Å². The van der Waals surface area contributed by atoms with E-state index in [0.29, 0.717) is 5.69 Å². The molecule has 0 aliphatic heterocycles. The number of carbonyl (C=O) groups excluding carboxylic acids is 1. The number of anilines is 2. The van der Waals surface area contributed by atoms with Crippen LogP contribution in [-0.4, -0.2) is 30.4 Å². The molecule has 0 aliphatic rings. The largest absolute Gasteiger partial charge is 0.478 e. The minimum Gasteiger partial charge on any atom is -0.478 e. The fraction of sp³-hybridized carbons (Fsp3) is 0. The first kappa shape index (κ1) is 20.2. The summed E-state index contributed by atoms with van der Waals surface area (Å²) in [4.78, 5) is 26.6. The molecule has 1 amide bonds. The lowest BCUT2D eigenvalue weighted by atomic mass is 10.2. The van der Waals surface area contributed by atoms with Gasteiger partial charge in [-0.3, -0.25) is 9.52 Å². The summed E-state index contributed by atoms with van der Waals surface area (Å²) in [5, 5.41) is 12.5. The molecule has 0 unspecified atom stereocenters. The molecular formula is C22H17N3O5S. The summed E-state index contributed by atoms with van der Waals surface area (Å²) in [5.74, 6) is -1.68. The third-order valence-corrected chi connectivity index (χ3v) is 5.96. The molecule has 1 aromatic heterocycles. The van der Waals surface area contributed by atoms with Crippen molar-refractivity contribution in [1.29, 1.82) is 0 Å². The zero-order chi connectivity index (χ0) is 22.0. The fourth-order valence-electron chi connectivity index (χ4n) is 3.07. The lowest BCUT2D eigenvalue weighted by Gasteiger charge is -2.10. The van der Waals surface area contributed by atoms with E-state index in [9.17, 15) is 18.0 Å². The number of benzene rings is 3. The number of sulfonamides is 1. The zero-order valence-electron chi connectivity index (χ0n) is 16.0. The van der Waals surface area contributed by atoms with E-state index in [4.69, 9.17) is 5.11 Å². The van der Waals surface area contributed by atoms with Gasteiger partial charge in [-0.2, -0.15) is 0 Å². The van der Waals surface area contributed by atoms with Crippen LogP contribution in [0.3, 0.4) is 0 Å². The van der Waals surface area contributed by atoms with Crippen LogP contribution in [0.4, 0.5) is 11.4 Å².